The molecule has 1 saturated heterocycles. The second-order valence-corrected chi connectivity index (χ2v) is 6.10. The van der Waals surface area contributed by atoms with Crippen molar-refractivity contribution in [2.45, 2.75) is 52.6 Å². The average Bonchev–Trinajstić information content (AvgIpc) is 2.34. The van der Waals surface area contributed by atoms with Crippen LogP contribution in [0.3, 0.4) is 0 Å². The highest BCUT2D eigenvalue weighted by Crippen LogP contribution is 2.24. The molecule has 1 atom stereocenters. The van der Waals surface area contributed by atoms with Gasteiger partial charge in [-0.2, -0.15) is 0 Å². The summed E-state index contributed by atoms with van der Waals surface area (Å²) in [6.45, 7) is 9.75. The predicted molar refractivity (Wildman–Crippen MR) is 69.3 cm³/mol. The molecule has 1 heterocycles. The zero-order valence-electron chi connectivity index (χ0n) is 11.7. The summed E-state index contributed by atoms with van der Waals surface area (Å²) in [5.41, 5.74) is 0.0118. The number of hydrogen-bond acceptors (Lipinski definition) is 3. The van der Waals surface area contributed by atoms with Crippen molar-refractivity contribution in [2.75, 3.05) is 13.1 Å². The Bertz CT molecular complexity index is 326. The third kappa shape index (κ3) is 3.98. The SMILES string of the molecule is CC(C)N1CC(C)(C)CNC(=O)C1CCC(=O)O. The van der Waals surface area contributed by atoms with Gasteiger partial charge in [0, 0.05) is 25.6 Å². The van der Waals surface area contributed by atoms with Crippen molar-refractivity contribution >= 4 is 11.9 Å². The standard InChI is InChI=1S/C13H24N2O3/c1-9(2)15-8-13(3,4)7-14-12(18)10(15)5-6-11(16)17/h9-10H,5-8H2,1-4H3,(H,14,18)(H,16,17). The van der Waals surface area contributed by atoms with Gasteiger partial charge in [0.15, 0.2) is 0 Å². The molecule has 18 heavy (non-hydrogen) atoms. The van der Waals surface area contributed by atoms with Crippen molar-refractivity contribution in [3.63, 3.8) is 0 Å². The monoisotopic (exact) mass is 256 g/mol. The Labute approximate surface area is 109 Å². The molecule has 0 aliphatic carbocycles. The first-order chi connectivity index (χ1) is 8.23. The highest BCUT2D eigenvalue weighted by Gasteiger charge is 2.36. The van der Waals surface area contributed by atoms with E-state index in [9.17, 15) is 9.59 Å². The van der Waals surface area contributed by atoms with Crippen LogP contribution >= 0.6 is 0 Å². The third-order valence-corrected chi connectivity index (χ3v) is 3.35. The lowest BCUT2D eigenvalue weighted by molar-refractivity contribution is -0.137. The molecular weight excluding hydrogens is 232 g/mol. The lowest BCUT2D eigenvalue weighted by atomic mass is 9.92. The Kier molecular flexibility index (Phi) is 4.73. The molecule has 5 heteroatoms. The van der Waals surface area contributed by atoms with Crippen molar-refractivity contribution in [3.05, 3.63) is 0 Å². The molecule has 0 bridgehead atoms. The zero-order chi connectivity index (χ0) is 13.9. The van der Waals surface area contributed by atoms with E-state index in [1.807, 2.05) is 13.8 Å². The summed E-state index contributed by atoms with van der Waals surface area (Å²) in [5, 5.41) is 11.7. The fourth-order valence-corrected chi connectivity index (χ4v) is 2.35. The number of aliphatic carboxylic acids is 1. The van der Waals surface area contributed by atoms with Crippen LogP contribution < -0.4 is 5.32 Å². The fourth-order valence-electron chi connectivity index (χ4n) is 2.35. The summed E-state index contributed by atoms with van der Waals surface area (Å²) in [5.74, 6) is -0.898. The Morgan fingerprint density at radius 2 is 2.17 bits per heavy atom. The molecule has 1 fully saturated rings. The van der Waals surface area contributed by atoms with E-state index in [1.54, 1.807) is 0 Å². The van der Waals surface area contributed by atoms with E-state index in [-0.39, 0.29) is 29.8 Å². The summed E-state index contributed by atoms with van der Waals surface area (Å²) in [6, 6.07) is -0.102. The Morgan fingerprint density at radius 3 is 2.67 bits per heavy atom. The van der Waals surface area contributed by atoms with Gasteiger partial charge >= 0.3 is 5.97 Å². The van der Waals surface area contributed by atoms with Crippen molar-refractivity contribution in [1.82, 2.24) is 10.2 Å². The van der Waals surface area contributed by atoms with E-state index in [4.69, 9.17) is 5.11 Å². The molecule has 1 aliphatic heterocycles. The van der Waals surface area contributed by atoms with Gasteiger partial charge < -0.3 is 10.4 Å². The van der Waals surface area contributed by atoms with Crippen molar-refractivity contribution in [3.8, 4) is 0 Å². The van der Waals surface area contributed by atoms with Crippen molar-refractivity contribution < 1.29 is 14.7 Å². The number of carbonyl (C=O) groups excluding carboxylic acids is 1. The number of nitrogens with one attached hydrogen (secondary N) is 1. The molecule has 0 aromatic rings. The number of carbonyl (C=O) groups is 2. The number of carboxylic acids is 1. The quantitative estimate of drug-likeness (QED) is 0.790. The van der Waals surface area contributed by atoms with Crippen LogP contribution in [0.4, 0.5) is 0 Å². The van der Waals surface area contributed by atoms with Gasteiger partial charge in [-0.15, -0.1) is 0 Å². The Balaban J connectivity index is 2.86. The molecule has 0 aromatic heterocycles. The molecule has 0 spiro atoms. The van der Waals surface area contributed by atoms with Gasteiger partial charge in [0.25, 0.3) is 0 Å². The summed E-state index contributed by atoms with van der Waals surface area (Å²) >= 11 is 0. The van der Waals surface area contributed by atoms with E-state index >= 15 is 0 Å². The molecular formula is C13H24N2O3. The van der Waals surface area contributed by atoms with Crippen LogP contribution in [0.15, 0.2) is 0 Å². The van der Waals surface area contributed by atoms with E-state index < -0.39 is 5.97 Å². The largest absolute Gasteiger partial charge is 0.481 e. The van der Waals surface area contributed by atoms with E-state index in [0.29, 0.717) is 13.0 Å². The first-order valence-electron chi connectivity index (χ1n) is 6.48. The molecule has 0 aromatic carbocycles. The molecule has 1 aliphatic rings. The molecule has 1 rings (SSSR count). The zero-order valence-corrected chi connectivity index (χ0v) is 11.7. The second-order valence-electron chi connectivity index (χ2n) is 6.10. The van der Waals surface area contributed by atoms with Crippen LogP contribution in [0.5, 0.6) is 0 Å². The number of carboxylic acid groups (broad SMARTS) is 1. The Morgan fingerprint density at radius 1 is 1.56 bits per heavy atom. The summed E-state index contributed by atoms with van der Waals surface area (Å²) in [6.07, 6.45) is 0.400. The van der Waals surface area contributed by atoms with E-state index in [0.717, 1.165) is 6.54 Å². The first-order valence-corrected chi connectivity index (χ1v) is 6.48. The molecule has 1 unspecified atom stereocenters. The van der Waals surface area contributed by atoms with Crippen LogP contribution in [-0.2, 0) is 9.59 Å². The highest BCUT2D eigenvalue weighted by atomic mass is 16.4. The summed E-state index contributed by atoms with van der Waals surface area (Å²) in [4.78, 5) is 24.9. The molecule has 2 N–H and O–H groups in total. The number of hydrogen-bond donors (Lipinski definition) is 2. The van der Waals surface area contributed by atoms with E-state index in [2.05, 4.69) is 24.1 Å². The predicted octanol–water partition coefficient (Wildman–Crippen LogP) is 1.09. The highest BCUT2D eigenvalue weighted by molar-refractivity contribution is 5.82. The smallest absolute Gasteiger partial charge is 0.303 e. The third-order valence-electron chi connectivity index (χ3n) is 3.35. The van der Waals surface area contributed by atoms with Gasteiger partial charge in [-0.05, 0) is 25.7 Å². The first kappa shape index (κ1) is 15.0. The number of amides is 1. The average molecular weight is 256 g/mol. The Hall–Kier alpha value is -1.10. The maximum absolute atomic E-state index is 12.1. The van der Waals surface area contributed by atoms with Gasteiger partial charge in [-0.1, -0.05) is 13.8 Å². The normalized spacial score (nSPS) is 24.7. The van der Waals surface area contributed by atoms with Crippen LogP contribution in [0.2, 0.25) is 0 Å². The van der Waals surface area contributed by atoms with Crippen LogP contribution in [0, 0.1) is 5.41 Å². The molecule has 5 nitrogen and oxygen atoms in total. The molecule has 1 amide bonds. The maximum Gasteiger partial charge on any atom is 0.303 e. The molecule has 0 radical (unpaired) electrons. The van der Waals surface area contributed by atoms with Gasteiger partial charge in [0.05, 0.1) is 6.04 Å². The number of nitrogens with zero attached hydrogens (tertiary/aromatic N) is 1. The summed E-state index contributed by atoms with van der Waals surface area (Å²) < 4.78 is 0. The van der Waals surface area contributed by atoms with Crippen LogP contribution in [-0.4, -0.2) is 47.1 Å². The van der Waals surface area contributed by atoms with Crippen molar-refractivity contribution in [1.29, 1.82) is 0 Å². The minimum atomic E-state index is -0.852. The fraction of sp³-hybridized carbons (Fsp3) is 0.846. The van der Waals surface area contributed by atoms with Crippen molar-refractivity contribution in [2.24, 2.45) is 5.41 Å². The van der Waals surface area contributed by atoms with Gasteiger partial charge in [0.2, 0.25) is 5.91 Å². The lowest BCUT2D eigenvalue weighted by Crippen LogP contribution is -2.48. The van der Waals surface area contributed by atoms with Crippen LogP contribution in [0.25, 0.3) is 0 Å². The topological polar surface area (TPSA) is 69.6 Å². The maximum atomic E-state index is 12.1. The summed E-state index contributed by atoms with van der Waals surface area (Å²) in [7, 11) is 0. The minimum Gasteiger partial charge on any atom is -0.481 e. The lowest BCUT2D eigenvalue weighted by Gasteiger charge is -2.35. The van der Waals surface area contributed by atoms with Gasteiger partial charge in [0.1, 0.15) is 0 Å². The van der Waals surface area contributed by atoms with E-state index in [1.165, 1.54) is 0 Å². The minimum absolute atomic E-state index is 0.0118. The van der Waals surface area contributed by atoms with Gasteiger partial charge in [-0.3, -0.25) is 14.5 Å². The second kappa shape index (κ2) is 5.69. The van der Waals surface area contributed by atoms with Crippen LogP contribution in [0.1, 0.15) is 40.5 Å². The number of rotatable bonds is 4. The van der Waals surface area contributed by atoms with Gasteiger partial charge in [-0.25, -0.2) is 0 Å². The molecule has 0 saturated carbocycles. The molecule has 104 valence electrons.